The summed E-state index contributed by atoms with van der Waals surface area (Å²) in [5.74, 6) is 1.63. The highest BCUT2D eigenvalue weighted by Gasteiger charge is 2.27. The van der Waals surface area contributed by atoms with E-state index in [0.717, 1.165) is 31.2 Å². The molecule has 29 heavy (non-hydrogen) atoms. The van der Waals surface area contributed by atoms with E-state index in [1.54, 1.807) is 25.2 Å². The van der Waals surface area contributed by atoms with Crippen LogP contribution in [0.15, 0.2) is 18.2 Å². The van der Waals surface area contributed by atoms with Gasteiger partial charge < -0.3 is 16.0 Å². The Morgan fingerprint density at radius 2 is 2.07 bits per heavy atom. The normalized spacial score (nSPS) is 18.6. The lowest BCUT2D eigenvalue weighted by atomic mass is 9.85. The fourth-order valence-corrected chi connectivity index (χ4v) is 3.72. The van der Waals surface area contributed by atoms with Gasteiger partial charge in [-0.15, -0.1) is 0 Å². The van der Waals surface area contributed by atoms with Gasteiger partial charge in [-0.3, -0.25) is 4.79 Å². The molecular weight excluding hydrogens is 390 g/mol. The van der Waals surface area contributed by atoms with Crippen LogP contribution >= 0.6 is 11.6 Å². The maximum Gasteiger partial charge on any atom is 0.227 e. The first-order valence-corrected chi connectivity index (χ1v) is 9.97. The molecule has 2 atom stereocenters. The molecule has 152 valence electrons. The highest BCUT2D eigenvalue weighted by molar-refractivity contribution is 6.31. The predicted octanol–water partition coefficient (Wildman–Crippen LogP) is 3.71. The van der Waals surface area contributed by atoms with Crippen molar-refractivity contribution in [3.63, 3.8) is 0 Å². The number of nitrogens with one attached hydrogen (secondary N) is 3. The zero-order valence-corrected chi connectivity index (χ0v) is 17.3. The Kier molecular flexibility index (Phi) is 6.83. The van der Waals surface area contributed by atoms with E-state index in [-0.39, 0.29) is 17.9 Å². The lowest BCUT2D eigenvalue weighted by Crippen LogP contribution is -2.37. The van der Waals surface area contributed by atoms with Gasteiger partial charge in [0.2, 0.25) is 17.8 Å². The van der Waals surface area contributed by atoms with Gasteiger partial charge in [-0.25, -0.2) is 4.85 Å². The van der Waals surface area contributed by atoms with Crippen molar-refractivity contribution >= 4 is 35.1 Å². The van der Waals surface area contributed by atoms with E-state index in [1.165, 1.54) is 0 Å². The number of hydrogen-bond donors (Lipinski definition) is 3. The monoisotopic (exact) mass is 413 g/mol. The van der Waals surface area contributed by atoms with Gasteiger partial charge in [-0.2, -0.15) is 15.0 Å². The Labute approximate surface area is 175 Å². The Morgan fingerprint density at radius 3 is 2.79 bits per heavy atom. The molecule has 1 saturated carbocycles. The van der Waals surface area contributed by atoms with E-state index < -0.39 is 0 Å². The molecule has 3 rings (SSSR count). The summed E-state index contributed by atoms with van der Waals surface area (Å²) in [6, 6.07) is 5.24. The summed E-state index contributed by atoms with van der Waals surface area (Å²) in [7, 11) is 1.76. The number of halogens is 1. The number of carbonyl (C=O) groups is 1. The summed E-state index contributed by atoms with van der Waals surface area (Å²) >= 11 is 6.20. The lowest BCUT2D eigenvalue weighted by molar-refractivity contribution is -0.126. The van der Waals surface area contributed by atoms with E-state index in [0.29, 0.717) is 35.0 Å². The second kappa shape index (κ2) is 9.52. The molecule has 3 N–H and O–H groups in total. The van der Waals surface area contributed by atoms with Crippen LogP contribution < -0.4 is 16.0 Å². The van der Waals surface area contributed by atoms with Crippen LogP contribution in [0.2, 0.25) is 5.02 Å². The first kappa shape index (κ1) is 20.8. The third-order valence-corrected chi connectivity index (χ3v) is 5.32. The molecule has 1 aliphatic carbocycles. The van der Waals surface area contributed by atoms with E-state index in [9.17, 15) is 4.79 Å². The molecule has 0 unspecified atom stereocenters. The van der Waals surface area contributed by atoms with Gasteiger partial charge >= 0.3 is 0 Å². The van der Waals surface area contributed by atoms with Crippen molar-refractivity contribution in [2.45, 2.75) is 45.2 Å². The van der Waals surface area contributed by atoms with Crippen LogP contribution in [0.3, 0.4) is 0 Å². The maximum absolute atomic E-state index is 12.7. The molecule has 0 aliphatic heterocycles. The molecule has 0 saturated heterocycles. The van der Waals surface area contributed by atoms with Gasteiger partial charge in [0, 0.05) is 30.6 Å². The minimum absolute atomic E-state index is 0.0181. The molecule has 2 aromatic rings. The van der Waals surface area contributed by atoms with Crippen molar-refractivity contribution in [3.8, 4) is 0 Å². The Morgan fingerprint density at radius 1 is 1.28 bits per heavy atom. The average Bonchev–Trinajstić information content (AvgIpc) is 2.72. The number of anilines is 2. The van der Waals surface area contributed by atoms with E-state index in [1.807, 2.05) is 6.92 Å². The molecule has 1 fully saturated rings. The Bertz CT molecular complexity index is 928. The predicted molar refractivity (Wildman–Crippen MR) is 113 cm³/mol. The SMILES string of the molecule is [C-]#[N+]c1ccc(CNC(=O)[C@H]2CCC[C@@H](Nc3nc(C)nc(NC)n3)C2)c(Cl)c1. The molecule has 1 aromatic heterocycles. The average molecular weight is 414 g/mol. The molecule has 1 amide bonds. The number of aromatic nitrogens is 3. The van der Waals surface area contributed by atoms with Gasteiger partial charge in [0.05, 0.1) is 6.57 Å². The Balaban J connectivity index is 1.57. The van der Waals surface area contributed by atoms with Crippen molar-refractivity contribution in [2.75, 3.05) is 17.7 Å². The molecule has 0 bridgehead atoms. The molecule has 1 aliphatic rings. The molecular formula is C20H24ClN7O. The third kappa shape index (κ3) is 5.55. The summed E-state index contributed by atoms with van der Waals surface area (Å²) in [4.78, 5) is 28.9. The maximum atomic E-state index is 12.7. The minimum atomic E-state index is -0.0748. The quantitative estimate of drug-likeness (QED) is 0.624. The van der Waals surface area contributed by atoms with Crippen LogP contribution in [-0.2, 0) is 11.3 Å². The topological polar surface area (TPSA) is 96.2 Å². The van der Waals surface area contributed by atoms with Crippen LogP contribution in [-0.4, -0.2) is 33.9 Å². The fourth-order valence-electron chi connectivity index (χ4n) is 3.48. The molecule has 0 radical (unpaired) electrons. The summed E-state index contributed by atoms with van der Waals surface area (Å²) in [6.07, 6.45) is 3.49. The standard InChI is InChI=1S/C20H24ClN7O/c1-12-25-19(23-3)28-20(26-12)27-16-6-4-5-13(9-16)18(29)24-11-14-7-8-15(22-2)10-17(14)21/h7-8,10,13,16H,4-6,9,11H2,1,3H3,(H,24,29)(H2,23,25,26,27,28)/t13-,16+/m0/s1. The molecule has 8 nitrogen and oxygen atoms in total. The van der Waals surface area contributed by atoms with Crippen LogP contribution in [0.5, 0.6) is 0 Å². The largest absolute Gasteiger partial charge is 0.357 e. The summed E-state index contributed by atoms with van der Waals surface area (Å²) in [6.45, 7) is 9.19. The number of aryl methyl sites for hydroxylation is 1. The zero-order valence-electron chi connectivity index (χ0n) is 16.5. The number of benzene rings is 1. The third-order valence-electron chi connectivity index (χ3n) is 4.97. The Hall–Kier alpha value is -2.92. The van der Waals surface area contributed by atoms with Gasteiger partial charge in [0.25, 0.3) is 0 Å². The highest BCUT2D eigenvalue weighted by atomic mass is 35.5. The summed E-state index contributed by atoms with van der Waals surface area (Å²) in [5, 5.41) is 9.74. The van der Waals surface area contributed by atoms with Crippen molar-refractivity contribution in [3.05, 3.63) is 46.0 Å². The van der Waals surface area contributed by atoms with Gasteiger partial charge in [-0.1, -0.05) is 30.2 Å². The van der Waals surface area contributed by atoms with E-state index in [2.05, 4.69) is 35.7 Å². The number of amides is 1. The van der Waals surface area contributed by atoms with Crippen molar-refractivity contribution in [2.24, 2.45) is 5.92 Å². The van der Waals surface area contributed by atoms with E-state index in [4.69, 9.17) is 18.2 Å². The fraction of sp³-hybridized carbons (Fsp3) is 0.450. The van der Waals surface area contributed by atoms with Crippen molar-refractivity contribution < 1.29 is 4.79 Å². The van der Waals surface area contributed by atoms with Gasteiger partial charge in [-0.05, 0) is 37.8 Å². The second-order valence-corrected chi connectivity index (χ2v) is 7.50. The van der Waals surface area contributed by atoms with Crippen molar-refractivity contribution in [1.82, 2.24) is 20.3 Å². The summed E-state index contributed by atoms with van der Waals surface area (Å²) in [5.41, 5.74) is 1.29. The first-order valence-electron chi connectivity index (χ1n) is 9.59. The van der Waals surface area contributed by atoms with E-state index >= 15 is 0 Å². The van der Waals surface area contributed by atoms with Crippen LogP contribution in [0.4, 0.5) is 17.6 Å². The van der Waals surface area contributed by atoms with Crippen LogP contribution in [0.1, 0.15) is 37.1 Å². The second-order valence-electron chi connectivity index (χ2n) is 7.09. The number of rotatable bonds is 6. The minimum Gasteiger partial charge on any atom is -0.357 e. The lowest BCUT2D eigenvalue weighted by Gasteiger charge is -2.29. The number of carbonyl (C=O) groups excluding carboxylic acids is 1. The highest BCUT2D eigenvalue weighted by Crippen LogP contribution is 2.27. The first-order chi connectivity index (χ1) is 14.0. The number of nitrogens with zero attached hydrogens (tertiary/aromatic N) is 4. The smallest absolute Gasteiger partial charge is 0.227 e. The van der Waals surface area contributed by atoms with Gasteiger partial charge in [0.15, 0.2) is 5.69 Å². The molecule has 1 aromatic carbocycles. The van der Waals surface area contributed by atoms with Gasteiger partial charge in [0.1, 0.15) is 5.82 Å². The zero-order chi connectivity index (χ0) is 20.8. The van der Waals surface area contributed by atoms with Crippen LogP contribution in [0.25, 0.3) is 4.85 Å². The molecule has 9 heteroatoms. The number of hydrogen-bond acceptors (Lipinski definition) is 6. The van der Waals surface area contributed by atoms with Crippen LogP contribution in [0, 0.1) is 19.4 Å². The molecule has 0 spiro atoms. The summed E-state index contributed by atoms with van der Waals surface area (Å²) < 4.78 is 0. The van der Waals surface area contributed by atoms with Crippen molar-refractivity contribution in [1.29, 1.82) is 0 Å². The molecule has 1 heterocycles.